The SMILES string of the molecule is CS(=O)(=O)Nc1ccc2c(c1)S(=O)(=O)N=C(c1c(O)n3ccccc3c(Cc3ccc(F)cc3)c1=O)N2. The highest BCUT2D eigenvalue weighted by Gasteiger charge is 2.30. The Morgan fingerprint density at radius 2 is 1.84 bits per heavy atom. The minimum Gasteiger partial charge on any atom is -0.494 e. The number of benzene rings is 2. The summed E-state index contributed by atoms with van der Waals surface area (Å²) in [5, 5.41) is 13.8. The molecule has 1 aliphatic rings. The van der Waals surface area contributed by atoms with E-state index in [9.17, 15) is 31.1 Å². The molecule has 190 valence electrons. The first-order valence-electron chi connectivity index (χ1n) is 10.8. The van der Waals surface area contributed by atoms with Crippen molar-refractivity contribution >= 4 is 42.8 Å². The summed E-state index contributed by atoms with van der Waals surface area (Å²) >= 11 is 0. The number of nitrogens with zero attached hydrogens (tertiary/aromatic N) is 2. The fourth-order valence-electron chi connectivity index (χ4n) is 4.10. The van der Waals surface area contributed by atoms with E-state index in [-0.39, 0.29) is 33.8 Å². The molecule has 10 nitrogen and oxygen atoms in total. The van der Waals surface area contributed by atoms with Crippen molar-refractivity contribution in [1.29, 1.82) is 0 Å². The Morgan fingerprint density at radius 1 is 1.11 bits per heavy atom. The van der Waals surface area contributed by atoms with Crippen LogP contribution in [0.3, 0.4) is 0 Å². The minimum absolute atomic E-state index is 0.0143. The maximum absolute atomic E-state index is 13.7. The largest absolute Gasteiger partial charge is 0.494 e. The molecule has 3 heterocycles. The lowest BCUT2D eigenvalue weighted by atomic mass is 10.0. The van der Waals surface area contributed by atoms with Crippen LogP contribution in [0.25, 0.3) is 5.52 Å². The van der Waals surface area contributed by atoms with Crippen molar-refractivity contribution in [3.8, 4) is 5.88 Å². The van der Waals surface area contributed by atoms with Crippen LogP contribution in [-0.4, -0.2) is 38.4 Å². The van der Waals surface area contributed by atoms with Crippen molar-refractivity contribution in [3.63, 3.8) is 0 Å². The molecule has 1 aliphatic heterocycles. The highest BCUT2D eigenvalue weighted by atomic mass is 32.2. The fraction of sp³-hybridized carbons (Fsp3) is 0.0833. The average Bonchev–Trinajstić information content (AvgIpc) is 2.82. The van der Waals surface area contributed by atoms with Gasteiger partial charge < -0.3 is 10.4 Å². The van der Waals surface area contributed by atoms with Gasteiger partial charge in [-0.1, -0.05) is 18.2 Å². The summed E-state index contributed by atoms with van der Waals surface area (Å²) in [6.07, 6.45) is 2.52. The summed E-state index contributed by atoms with van der Waals surface area (Å²) in [6.45, 7) is 0. The first-order valence-corrected chi connectivity index (χ1v) is 14.1. The van der Waals surface area contributed by atoms with E-state index in [0.717, 1.165) is 12.3 Å². The van der Waals surface area contributed by atoms with Gasteiger partial charge in [0.15, 0.2) is 5.84 Å². The Labute approximate surface area is 210 Å². The lowest BCUT2D eigenvalue weighted by Gasteiger charge is -2.21. The third kappa shape index (κ3) is 4.66. The van der Waals surface area contributed by atoms with Crippen LogP contribution in [-0.2, 0) is 26.5 Å². The molecule has 5 rings (SSSR count). The van der Waals surface area contributed by atoms with Gasteiger partial charge in [-0.2, -0.15) is 8.42 Å². The number of hydrogen-bond acceptors (Lipinski definition) is 7. The monoisotopic (exact) mass is 542 g/mol. The summed E-state index contributed by atoms with van der Waals surface area (Å²) in [7, 11) is -8.05. The molecule has 0 saturated carbocycles. The van der Waals surface area contributed by atoms with Crippen LogP contribution in [0.15, 0.2) is 80.9 Å². The third-order valence-corrected chi connectivity index (χ3v) is 7.60. The van der Waals surface area contributed by atoms with E-state index in [2.05, 4.69) is 14.4 Å². The Kier molecular flexibility index (Phi) is 5.76. The molecule has 0 fully saturated rings. The molecule has 2 aromatic carbocycles. The van der Waals surface area contributed by atoms with Gasteiger partial charge in [-0.15, -0.1) is 4.40 Å². The number of halogens is 1. The zero-order valence-corrected chi connectivity index (χ0v) is 20.8. The molecule has 2 aromatic heterocycles. The molecule has 0 saturated heterocycles. The van der Waals surface area contributed by atoms with Crippen LogP contribution in [0.4, 0.5) is 15.8 Å². The number of aromatic nitrogens is 1. The molecule has 13 heteroatoms. The van der Waals surface area contributed by atoms with Crippen LogP contribution in [0.1, 0.15) is 16.7 Å². The molecule has 37 heavy (non-hydrogen) atoms. The second kappa shape index (κ2) is 8.71. The molecule has 0 atom stereocenters. The normalized spacial score (nSPS) is 14.5. The van der Waals surface area contributed by atoms with Gasteiger partial charge in [-0.05, 0) is 48.0 Å². The summed E-state index contributed by atoms with van der Waals surface area (Å²) in [4.78, 5) is 13.4. The quantitative estimate of drug-likeness (QED) is 0.351. The summed E-state index contributed by atoms with van der Waals surface area (Å²) in [5.74, 6) is -1.35. The molecule has 0 amide bonds. The zero-order chi connectivity index (χ0) is 26.5. The number of nitrogens with one attached hydrogen (secondary N) is 2. The van der Waals surface area contributed by atoms with Crippen molar-refractivity contribution in [2.24, 2.45) is 4.40 Å². The topological polar surface area (TPSA) is 146 Å². The van der Waals surface area contributed by atoms with Crippen molar-refractivity contribution in [1.82, 2.24) is 4.40 Å². The summed E-state index contributed by atoms with van der Waals surface area (Å²) < 4.78 is 69.8. The zero-order valence-electron chi connectivity index (χ0n) is 19.1. The molecule has 0 unspecified atom stereocenters. The third-order valence-electron chi connectivity index (χ3n) is 5.68. The second-order valence-electron chi connectivity index (χ2n) is 8.39. The molecule has 4 aromatic rings. The Balaban J connectivity index is 1.67. The van der Waals surface area contributed by atoms with E-state index < -0.39 is 43.0 Å². The van der Waals surface area contributed by atoms with Crippen LogP contribution in [0.5, 0.6) is 5.88 Å². The van der Waals surface area contributed by atoms with E-state index in [1.54, 1.807) is 18.2 Å². The Bertz CT molecular complexity index is 1880. The molecule has 0 aliphatic carbocycles. The molecular weight excluding hydrogens is 523 g/mol. The van der Waals surface area contributed by atoms with Gasteiger partial charge in [-0.3, -0.25) is 13.9 Å². The lowest BCUT2D eigenvalue weighted by molar-refractivity contribution is 0.443. The Morgan fingerprint density at radius 3 is 2.54 bits per heavy atom. The van der Waals surface area contributed by atoms with E-state index in [1.165, 1.54) is 47.0 Å². The summed E-state index contributed by atoms with van der Waals surface area (Å²) in [6, 6.07) is 14.3. The van der Waals surface area contributed by atoms with Gasteiger partial charge in [0.1, 0.15) is 16.3 Å². The number of sulfonamides is 2. The van der Waals surface area contributed by atoms with Crippen molar-refractivity contribution < 1.29 is 26.3 Å². The number of hydrogen-bond donors (Lipinski definition) is 3. The molecule has 0 radical (unpaired) electrons. The number of fused-ring (bicyclic) bond motifs is 2. The van der Waals surface area contributed by atoms with Gasteiger partial charge in [0.2, 0.25) is 21.3 Å². The highest BCUT2D eigenvalue weighted by Crippen LogP contribution is 2.33. The lowest BCUT2D eigenvalue weighted by Crippen LogP contribution is -2.30. The Hall–Kier alpha value is -4.23. The number of anilines is 2. The maximum atomic E-state index is 13.7. The summed E-state index contributed by atoms with van der Waals surface area (Å²) in [5.41, 5.74) is 0.279. The molecule has 3 N–H and O–H groups in total. The van der Waals surface area contributed by atoms with Crippen molar-refractivity contribution in [3.05, 3.63) is 99.6 Å². The maximum Gasteiger partial charge on any atom is 0.286 e. The van der Waals surface area contributed by atoms with Crippen molar-refractivity contribution in [2.45, 2.75) is 11.3 Å². The average molecular weight is 543 g/mol. The van der Waals surface area contributed by atoms with Gasteiger partial charge in [0.25, 0.3) is 10.0 Å². The second-order valence-corrected chi connectivity index (χ2v) is 11.7. The van der Waals surface area contributed by atoms with Crippen LogP contribution < -0.4 is 15.5 Å². The number of rotatable bonds is 5. The predicted octanol–water partition coefficient (Wildman–Crippen LogP) is 2.67. The van der Waals surface area contributed by atoms with E-state index in [4.69, 9.17) is 0 Å². The van der Waals surface area contributed by atoms with E-state index in [0.29, 0.717) is 11.1 Å². The van der Waals surface area contributed by atoms with Gasteiger partial charge in [0.05, 0.1) is 17.5 Å². The first-order chi connectivity index (χ1) is 17.4. The van der Waals surface area contributed by atoms with Crippen LogP contribution in [0.2, 0.25) is 0 Å². The minimum atomic E-state index is -4.39. The van der Waals surface area contributed by atoms with Gasteiger partial charge >= 0.3 is 0 Å². The smallest absolute Gasteiger partial charge is 0.286 e. The van der Waals surface area contributed by atoms with Gasteiger partial charge in [-0.25, -0.2) is 12.8 Å². The van der Waals surface area contributed by atoms with Crippen molar-refractivity contribution in [2.75, 3.05) is 16.3 Å². The predicted molar refractivity (Wildman–Crippen MR) is 137 cm³/mol. The highest BCUT2D eigenvalue weighted by molar-refractivity contribution is 7.92. The van der Waals surface area contributed by atoms with Crippen LogP contribution in [0, 0.1) is 5.82 Å². The fourth-order valence-corrected chi connectivity index (χ4v) is 5.80. The number of aromatic hydroxyl groups is 1. The number of amidine groups is 1. The molecule has 0 bridgehead atoms. The standard InChI is InChI=1S/C24H19FN4O6S2/c1-36(32,33)27-16-9-10-18-20(13-16)37(34,35)28-23(26-18)21-22(30)17(12-14-5-7-15(25)8-6-14)19-4-2-3-11-29(19)24(21)31/h2-11,13,27,31H,12H2,1H3,(H,26,28). The molecule has 0 spiro atoms. The first kappa shape index (κ1) is 24.5. The number of pyridine rings is 2. The van der Waals surface area contributed by atoms with Crippen LogP contribution >= 0.6 is 0 Å². The molecular formula is C24H19FN4O6S2. The van der Waals surface area contributed by atoms with E-state index in [1.807, 2.05) is 0 Å². The van der Waals surface area contributed by atoms with E-state index >= 15 is 0 Å². The van der Waals surface area contributed by atoms with Gasteiger partial charge in [0, 0.05) is 23.9 Å².